The van der Waals surface area contributed by atoms with Crippen molar-refractivity contribution in [2.24, 2.45) is 23.2 Å². The van der Waals surface area contributed by atoms with Gasteiger partial charge in [0, 0.05) is 19.3 Å². The third-order valence-corrected chi connectivity index (χ3v) is 6.77. The van der Waals surface area contributed by atoms with Crippen LogP contribution in [0.2, 0.25) is 0 Å². The van der Waals surface area contributed by atoms with Gasteiger partial charge in [-0.15, -0.1) is 0 Å². The lowest BCUT2D eigenvalue weighted by Crippen LogP contribution is -2.33. The first-order chi connectivity index (χ1) is 17.7. The zero-order chi connectivity index (χ0) is 29.6. The molecule has 0 saturated carbocycles. The third kappa shape index (κ3) is 24.2. The van der Waals surface area contributed by atoms with E-state index >= 15 is 0 Å². The van der Waals surface area contributed by atoms with Crippen molar-refractivity contribution in [3.05, 3.63) is 0 Å². The molecule has 8 nitrogen and oxygen atoms in total. The Morgan fingerprint density at radius 1 is 0.711 bits per heavy atom. The van der Waals surface area contributed by atoms with Crippen LogP contribution in [0.3, 0.4) is 0 Å². The predicted molar refractivity (Wildman–Crippen MR) is 150 cm³/mol. The number of hydrogen-bond acceptors (Lipinski definition) is 5. The minimum atomic E-state index is -0.930. The zero-order valence-electron chi connectivity index (χ0n) is 24.9. The first-order valence-corrected chi connectivity index (χ1v) is 14.5. The molecule has 0 heterocycles. The second-order valence-electron chi connectivity index (χ2n) is 11.7. The van der Waals surface area contributed by atoms with Crippen LogP contribution in [0.15, 0.2) is 0 Å². The molecule has 38 heavy (non-hydrogen) atoms. The number of aliphatic carboxylic acids is 3. The van der Waals surface area contributed by atoms with Gasteiger partial charge in [0.15, 0.2) is 0 Å². The monoisotopic (exact) mass is 544 g/mol. The van der Waals surface area contributed by atoms with E-state index in [9.17, 15) is 24.3 Å². The quantitative estimate of drug-likeness (QED) is 0.0936. The van der Waals surface area contributed by atoms with Crippen LogP contribution in [0.1, 0.15) is 138 Å². The van der Waals surface area contributed by atoms with Gasteiger partial charge in [0.25, 0.3) is 0 Å². The van der Waals surface area contributed by atoms with Crippen LogP contribution in [0.25, 0.3) is 0 Å². The maximum absolute atomic E-state index is 11.4. The first-order valence-electron chi connectivity index (χ1n) is 14.5. The molecule has 2 atom stereocenters. The number of ether oxygens (including phenoxy) is 1. The van der Waals surface area contributed by atoms with Crippen LogP contribution in [-0.4, -0.2) is 45.8 Å². The lowest BCUT2D eigenvalue weighted by Gasteiger charge is -2.33. The lowest BCUT2D eigenvalue weighted by molar-refractivity contribution is -0.148. The fourth-order valence-electron chi connectivity index (χ4n) is 4.64. The van der Waals surface area contributed by atoms with Crippen LogP contribution in [0.5, 0.6) is 0 Å². The van der Waals surface area contributed by atoms with E-state index in [2.05, 4.69) is 27.7 Å². The van der Waals surface area contributed by atoms with Gasteiger partial charge in [0.05, 0.1) is 12.5 Å². The molecule has 8 heteroatoms. The Bertz CT molecular complexity index is 657. The van der Waals surface area contributed by atoms with E-state index in [1.54, 1.807) is 0 Å². The van der Waals surface area contributed by atoms with Crippen molar-refractivity contribution in [3.8, 4) is 0 Å². The Morgan fingerprint density at radius 2 is 1.29 bits per heavy atom. The van der Waals surface area contributed by atoms with Crippen molar-refractivity contribution in [2.75, 3.05) is 6.61 Å². The number of hydrogen-bond donors (Lipinski definition) is 3. The molecule has 0 aromatic carbocycles. The van der Waals surface area contributed by atoms with Crippen LogP contribution < -0.4 is 0 Å². The van der Waals surface area contributed by atoms with Crippen LogP contribution in [-0.2, 0) is 23.9 Å². The molecule has 0 aliphatic carbocycles. The topological polar surface area (TPSA) is 138 Å². The van der Waals surface area contributed by atoms with E-state index in [-0.39, 0.29) is 37.1 Å². The summed E-state index contributed by atoms with van der Waals surface area (Å²) >= 11 is 0. The second kappa shape index (κ2) is 22.8. The van der Waals surface area contributed by atoms with Crippen molar-refractivity contribution in [1.82, 2.24) is 0 Å². The highest BCUT2D eigenvalue weighted by Crippen LogP contribution is 2.38. The summed E-state index contributed by atoms with van der Waals surface area (Å²) in [7, 11) is 0. The Labute approximate surface area is 230 Å². The molecule has 0 fully saturated rings. The van der Waals surface area contributed by atoms with Gasteiger partial charge < -0.3 is 20.1 Å². The van der Waals surface area contributed by atoms with Gasteiger partial charge in [-0.25, -0.2) is 0 Å². The van der Waals surface area contributed by atoms with Crippen molar-refractivity contribution in [1.29, 1.82) is 0 Å². The Hall–Kier alpha value is -2.12. The summed E-state index contributed by atoms with van der Waals surface area (Å²) in [5.74, 6) is -2.29. The molecule has 0 aromatic rings. The Kier molecular flexibility index (Phi) is 22.8. The minimum Gasteiger partial charge on any atom is -0.481 e. The van der Waals surface area contributed by atoms with E-state index in [1.807, 2.05) is 13.8 Å². The summed E-state index contributed by atoms with van der Waals surface area (Å²) in [5, 5.41) is 26.5. The molecule has 0 bridgehead atoms. The Balaban J connectivity index is 0. The van der Waals surface area contributed by atoms with Crippen molar-refractivity contribution in [2.45, 2.75) is 138 Å². The van der Waals surface area contributed by atoms with Crippen molar-refractivity contribution >= 4 is 23.9 Å². The molecular formula is C30H56O8. The molecule has 0 radical (unpaired) electrons. The third-order valence-electron chi connectivity index (χ3n) is 6.77. The number of rotatable bonds is 22. The lowest BCUT2D eigenvalue weighted by atomic mass is 9.70. The summed E-state index contributed by atoms with van der Waals surface area (Å²) in [6.07, 6.45) is 12.0. The number of carboxylic acids is 3. The minimum absolute atomic E-state index is 0.0327. The van der Waals surface area contributed by atoms with Crippen LogP contribution in [0.4, 0.5) is 0 Å². The van der Waals surface area contributed by atoms with Gasteiger partial charge in [-0.2, -0.15) is 0 Å². The fourth-order valence-corrected chi connectivity index (χ4v) is 4.64. The van der Waals surface area contributed by atoms with Gasteiger partial charge >= 0.3 is 23.9 Å². The van der Waals surface area contributed by atoms with Crippen molar-refractivity contribution in [3.63, 3.8) is 0 Å². The SMILES string of the molecule is CC(C)CCCCCCCOC(=O)CCCC(=O)O.CCCCC(C)CC(C)(C)C(CCC(=O)O)C(=O)O. The molecule has 0 saturated heterocycles. The standard InChI is InChI=1S/2C15H28O4/c1-5-6-7-11(2)10-15(3,4)12(14(18)19)8-9-13(16)17;1-13(2)9-6-4-3-5-7-12-19-15(18)11-8-10-14(16)17/h11-12H,5-10H2,1-4H3,(H,16,17)(H,18,19);13H,3-12H2,1-2H3,(H,16,17). The molecule has 2 unspecified atom stereocenters. The maximum atomic E-state index is 11.4. The van der Waals surface area contributed by atoms with Gasteiger partial charge in [-0.1, -0.05) is 92.9 Å². The van der Waals surface area contributed by atoms with E-state index < -0.39 is 23.8 Å². The van der Waals surface area contributed by atoms with E-state index in [0.717, 1.165) is 44.4 Å². The molecule has 0 rings (SSSR count). The highest BCUT2D eigenvalue weighted by Gasteiger charge is 2.36. The molecular weight excluding hydrogens is 488 g/mol. The molecule has 0 amide bonds. The number of esters is 1. The largest absolute Gasteiger partial charge is 0.481 e. The highest BCUT2D eigenvalue weighted by atomic mass is 16.5. The number of unbranched alkanes of at least 4 members (excludes halogenated alkanes) is 5. The van der Waals surface area contributed by atoms with Gasteiger partial charge in [0.1, 0.15) is 0 Å². The average Bonchev–Trinajstić information content (AvgIpc) is 2.78. The molecule has 3 N–H and O–H groups in total. The maximum Gasteiger partial charge on any atom is 0.307 e. The molecule has 0 aromatic heterocycles. The number of carbonyl (C=O) groups excluding carboxylic acids is 1. The molecule has 0 aliphatic heterocycles. The summed E-state index contributed by atoms with van der Waals surface area (Å²) in [4.78, 5) is 43.5. The highest BCUT2D eigenvalue weighted by molar-refractivity contribution is 5.73. The first kappa shape index (κ1) is 38.0. The smallest absolute Gasteiger partial charge is 0.307 e. The van der Waals surface area contributed by atoms with Crippen molar-refractivity contribution < 1.29 is 39.2 Å². The summed E-state index contributed by atoms with van der Waals surface area (Å²) in [6, 6.07) is 0. The van der Waals surface area contributed by atoms with E-state index in [0.29, 0.717) is 18.9 Å². The Morgan fingerprint density at radius 3 is 1.82 bits per heavy atom. The predicted octanol–water partition coefficient (Wildman–Crippen LogP) is 7.58. The van der Waals surface area contributed by atoms with E-state index in [1.165, 1.54) is 25.7 Å². The van der Waals surface area contributed by atoms with E-state index in [4.69, 9.17) is 14.9 Å². The van der Waals surface area contributed by atoms with Gasteiger partial charge in [-0.05, 0) is 42.9 Å². The molecule has 224 valence electrons. The van der Waals surface area contributed by atoms with Crippen LogP contribution in [0, 0.1) is 23.2 Å². The number of carbonyl (C=O) groups is 4. The molecule has 0 aliphatic rings. The van der Waals surface area contributed by atoms with Gasteiger partial charge in [-0.3, -0.25) is 19.2 Å². The summed E-state index contributed by atoms with van der Waals surface area (Å²) in [6.45, 7) is 13.1. The summed E-state index contributed by atoms with van der Waals surface area (Å²) in [5.41, 5.74) is -0.367. The molecule has 0 spiro atoms. The fraction of sp³-hybridized carbons (Fsp3) is 0.867. The van der Waals surface area contributed by atoms with Crippen LogP contribution >= 0.6 is 0 Å². The zero-order valence-corrected chi connectivity index (χ0v) is 24.9. The number of carboxylic acid groups (broad SMARTS) is 3. The summed E-state index contributed by atoms with van der Waals surface area (Å²) < 4.78 is 5.04. The second-order valence-corrected chi connectivity index (χ2v) is 11.7. The normalized spacial score (nSPS) is 12.8. The van der Waals surface area contributed by atoms with Gasteiger partial charge in [0.2, 0.25) is 0 Å². The average molecular weight is 545 g/mol.